The smallest absolute Gasteiger partial charge is 0.234 e. The Labute approximate surface area is 74.0 Å². The highest BCUT2D eigenvalue weighted by molar-refractivity contribution is 7.90. The minimum Gasteiger partial charge on any atom is -0.492 e. The summed E-state index contributed by atoms with van der Waals surface area (Å²) in [4.78, 5) is 6.37. The Kier molecular flexibility index (Phi) is 2.20. The van der Waals surface area contributed by atoms with E-state index < -0.39 is 15.7 Å². The first-order chi connectivity index (χ1) is 5.41. The van der Waals surface area contributed by atoms with E-state index in [-0.39, 0.29) is 10.2 Å². The van der Waals surface area contributed by atoms with Crippen LogP contribution in [-0.2, 0) is 9.84 Å². The van der Waals surface area contributed by atoms with Gasteiger partial charge < -0.3 is 5.11 Å². The highest BCUT2D eigenvalue weighted by atomic mass is 35.5. The van der Waals surface area contributed by atoms with Crippen molar-refractivity contribution < 1.29 is 13.5 Å². The third-order valence-corrected chi connectivity index (χ3v) is 2.38. The SMILES string of the molecule is CS(=O)(=O)c1cnc(Cl)nc1O. The summed E-state index contributed by atoms with van der Waals surface area (Å²) in [5.41, 5.74) is 0. The van der Waals surface area contributed by atoms with Crippen LogP contribution in [0, 0.1) is 0 Å². The monoisotopic (exact) mass is 208 g/mol. The van der Waals surface area contributed by atoms with Crippen LogP contribution in [0.4, 0.5) is 0 Å². The van der Waals surface area contributed by atoms with Crippen LogP contribution in [0.25, 0.3) is 0 Å². The van der Waals surface area contributed by atoms with Crippen LogP contribution < -0.4 is 0 Å². The summed E-state index contributed by atoms with van der Waals surface area (Å²) in [7, 11) is -3.48. The Hall–Kier alpha value is -0.880. The van der Waals surface area contributed by atoms with Gasteiger partial charge in [-0.3, -0.25) is 0 Å². The lowest BCUT2D eigenvalue weighted by Gasteiger charge is -1.98. The number of halogens is 1. The maximum atomic E-state index is 10.9. The summed E-state index contributed by atoms with van der Waals surface area (Å²) in [6.45, 7) is 0. The maximum Gasteiger partial charge on any atom is 0.234 e. The second kappa shape index (κ2) is 2.87. The number of hydrogen-bond donors (Lipinski definition) is 1. The zero-order valence-corrected chi connectivity index (χ0v) is 7.59. The van der Waals surface area contributed by atoms with Crippen molar-refractivity contribution in [1.29, 1.82) is 0 Å². The van der Waals surface area contributed by atoms with Gasteiger partial charge in [-0.05, 0) is 11.6 Å². The topological polar surface area (TPSA) is 80.2 Å². The van der Waals surface area contributed by atoms with Crippen molar-refractivity contribution >= 4 is 21.4 Å². The molecule has 0 aliphatic heterocycles. The van der Waals surface area contributed by atoms with E-state index in [1.54, 1.807) is 0 Å². The molecule has 1 heterocycles. The van der Waals surface area contributed by atoms with Gasteiger partial charge in [0.1, 0.15) is 4.90 Å². The normalized spacial score (nSPS) is 11.5. The van der Waals surface area contributed by atoms with E-state index in [1.165, 1.54) is 0 Å². The molecule has 0 amide bonds. The average molecular weight is 209 g/mol. The predicted molar refractivity (Wildman–Crippen MR) is 41.8 cm³/mol. The van der Waals surface area contributed by atoms with Gasteiger partial charge in [-0.1, -0.05) is 0 Å². The van der Waals surface area contributed by atoms with Gasteiger partial charge in [-0.25, -0.2) is 13.4 Å². The standard InChI is InChI=1S/C5H5ClN2O3S/c1-12(10,11)3-2-7-5(6)8-4(3)9/h2H,1H3,(H,7,8,9). The van der Waals surface area contributed by atoms with E-state index in [0.717, 1.165) is 12.5 Å². The lowest BCUT2D eigenvalue weighted by molar-refractivity contribution is 0.434. The summed E-state index contributed by atoms with van der Waals surface area (Å²) in [5, 5.41) is 8.82. The Morgan fingerprint density at radius 2 is 2.17 bits per heavy atom. The molecule has 0 fully saturated rings. The van der Waals surface area contributed by atoms with Crippen molar-refractivity contribution in [2.24, 2.45) is 0 Å². The summed E-state index contributed by atoms with van der Waals surface area (Å²) in [6.07, 6.45) is 1.90. The van der Waals surface area contributed by atoms with Crippen LogP contribution in [0.5, 0.6) is 5.88 Å². The molecule has 0 unspecified atom stereocenters. The summed E-state index contributed by atoms with van der Waals surface area (Å²) < 4.78 is 21.8. The van der Waals surface area contributed by atoms with E-state index in [2.05, 4.69) is 9.97 Å². The van der Waals surface area contributed by atoms with E-state index in [4.69, 9.17) is 16.7 Å². The first-order valence-electron chi connectivity index (χ1n) is 2.83. The Balaban J connectivity index is 3.39. The highest BCUT2D eigenvalue weighted by Gasteiger charge is 2.14. The Morgan fingerprint density at radius 1 is 1.58 bits per heavy atom. The lowest BCUT2D eigenvalue weighted by Crippen LogP contribution is -1.99. The fraction of sp³-hybridized carbons (Fsp3) is 0.200. The zero-order chi connectivity index (χ0) is 9.35. The second-order valence-electron chi connectivity index (χ2n) is 2.10. The van der Waals surface area contributed by atoms with E-state index >= 15 is 0 Å². The van der Waals surface area contributed by atoms with Crippen LogP contribution in [0.3, 0.4) is 0 Å². The predicted octanol–water partition coefficient (Wildman–Crippen LogP) is 0.239. The highest BCUT2D eigenvalue weighted by Crippen LogP contribution is 2.19. The first kappa shape index (κ1) is 9.21. The molecule has 0 saturated heterocycles. The van der Waals surface area contributed by atoms with E-state index in [9.17, 15) is 8.42 Å². The van der Waals surface area contributed by atoms with Gasteiger partial charge in [-0.15, -0.1) is 0 Å². The minimum atomic E-state index is -3.48. The molecule has 0 saturated carbocycles. The molecule has 1 aromatic rings. The molecule has 1 N–H and O–H groups in total. The molecule has 1 rings (SSSR count). The van der Waals surface area contributed by atoms with Gasteiger partial charge in [0.15, 0.2) is 9.84 Å². The number of sulfone groups is 1. The molecule has 0 bridgehead atoms. The number of hydrogen-bond acceptors (Lipinski definition) is 5. The Morgan fingerprint density at radius 3 is 2.58 bits per heavy atom. The van der Waals surface area contributed by atoms with E-state index in [1.807, 2.05) is 0 Å². The van der Waals surface area contributed by atoms with Crippen molar-refractivity contribution in [2.45, 2.75) is 4.90 Å². The molecule has 12 heavy (non-hydrogen) atoms. The van der Waals surface area contributed by atoms with Crippen molar-refractivity contribution in [3.63, 3.8) is 0 Å². The molecule has 0 radical (unpaired) electrons. The fourth-order valence-electron chi connectivity index (χ4n) is 0.603. The van der Waals surface area contributed by atoms with Crippen molar-refractivity contribution in [3.8, 4) is 5.88 Å². The van der Waals surface area contributed by atoms with Crippen molar-refractivity contribution in [3.05, 3.63) is 11.5 Å². The molecular formula is C5H5ClN2O3S. The second-order valence-corrected chi connectivity index (χ2v) is 4.42. The number of aromatic nitrogens is 2. The van der Waals surface area contributed by atoms with Gasteiger partial charge in [0, 0.05) is 6.26 Å². The van der Waals surface area contributed by atoms with Crippen LogP contribution in [0.15, 0.2) is 11.1 Å². The van der Waals surface area contributed by atoms with E-state index in [0.29, 0.717) is 0 Å². The van der Waals surface area contributed by atoms with Crippen molar-refractivity contribution in [1.82, 2.24) is 9.97 Å². The molecule has 0 aliphatic rings. The molecule has 1 aromatic heterocycles. The summed E-state index contributed by atoms with van der Waals surface area (Å²) in [6, 6.07) is 0. The summed E-state index contributed by atoms with van der Waals surface area (Å²) >= 11 is 5.29. The third kappa shape index (κ3) is 1.83. The Bertz CT molecular complexity index is 403. The fourth-order valence-corrected chi connectivity index (χ4v) is 1.35. The lowest BCUT2D eigenvalue weighted by atomic mass is 10.6. The number of aromatic hydroxyl groups is 1. The molecule has 0 aliphatic carbocycles. The molecule has 66 valence electrons. The van der Waals surface area contributed by atoms with Crippen LogP contribution in [0.2, 0.25) is 5.28 Å². The van der Waals surface area contributed by atoms with Gasteiger partial charge in [0.25, 0.3) is 0 Å². The average Bonchev–Trinajstić information content (AvgIpc) is 1.83. The molecule has 5 nitrogen and oxygen atoms in total. The van der Waals surface area contributed by atoms with Crippen LogP contribution >= 0.6 is 11.6 Å². The molecule has 0 atom stereocenters. The van der Waals surface area contributed by atoms with Gasteiger partial charge in [-0.2, -0.15) is 4.98 Å². The van der Waals surface area contributed by atoms with Gasteiger partial charge in [0.05, 0.1) is 6.20 Å². The van der Waals surface area contributed by atoms with Gasteiger partial charge >= 0.3 is 0 Å². The minimum absolute atomic E-state index is 0.195. The van der Waals surface area contributed by atoms with Gasteiger partial charge in [0.2, 0.25) is 11.2 Å². The van der Waals surface area contributed by atoms with Crippen LogP contribution in [-0.4, -0.2) is 29.7 Å². The first-order valence-corrected chi connectivity index (χ1v) is 5.10. The maximum absolute atomic E-state index is 10.9. The number of rotatable bonds is 1. The number of nitrogens with zero attached hydrogens (tertiary/aromatic N) is 2. The molecule has 0 aromatic carbocycles. The largest absolute Gasteiger partial charge is 0.492 e. The summed E-state index contributed by atoms with van der Waals surface area (Å²) in [5.74, 6) is -0.627. The molecule has 0 spiro atoms. The molecular weight excluding hydrogens is 204 g/mol. The molecule has 7 heteroatoms. The zero-order valence-electron chi connectivity index (χ0n) is 6.02. The van der Waals surface area contributed by atoms with Crippen molar-refractivity contribution in [2.75, 3.05) is 6.26 Å². The van der Waals surface area contributed by atoms with Crippen LogP contribution in [0.1, 0.15) is 0 Å². The third-order valence-electron chi connectivity index (χ3n) is 1.11. The quantitative estimate of drug-likeness (QED) is 0.669.